The summed E-state index contributed by atoms with van der Waals surface area (Å²) in [5.41, 5.74) is 1.18. The lowest BCUT2D eigenvalue weighted by atomic mass is 10.0. The van der Waals surface area contributed by atoms with Crippen molar-refractivity contribution < 1.29 is 4.74 Å². The third-order valence-electron chi connectivity index (χ3n) is 2.88. The smallest absolute Gasteiger partial charge is 0.176 e. The van der Waals surface area contributed by atoms with Crippen molar-refractivity contribution in [3.8, 4) is 5.75 Å². The molecule has 2 aromatic rings. The molecule has 0 aliphatic rings. The molecule has 6 heteroatoms. The maximum atomic E-state index is 5.44. The van der Waals surface area contributed by atoms with Crippen LogP contribution in [-0.2, 0) is 13.5 Å². The molecule has 0 bridgehead atoms. The van der Waals surface area contributed by atoms with E-state index in [9.17, 15) is 0 Å². The molecule has 1 atom stereocenters. The Kier molecular flexibility index (Phi) is 4.46. The molecule has 2 rings (SSSR count). The van der Waals surface area contributed by atoms with Crippen molar-refractivity contribution in [2.75, 3.05) is 13.7 Å². The van der Waals surface area contributed by atoms with Gasteiger partial charge in [-0.2, -0.15) is 4.80 Å². The van der Waals surface area contributed by atoms with Crippen LogP contribution in [-0.4, -0.2) is 33.9 Å². The highest BCUT2D eigenvalue weighted by atomic mass is 16.5. The topological polar surface area (TPSA) is 64.9 Å². The first-order valence-electron chi connectivity index (χ1n) is 6.35. The lowest BCUT2D eigenvalue weighted by Crippen LogP contribution is -2.19. The van der Waals surface area contributed by atoms with E-state index in [-0.39, 0.29) is 6.04 Å². The van der Waals surface area contributed by atoms with E-state index in [1.165, 1.54) is 10.4 Å². The van der Waals surface area contributed by atoms with E-state index < -0.39 is 0 Å². The first-order valence-corrected chi connectivity index (χ1v) is 6.35. The van der Waals surface area contributed by atoms with Crippen LogP contribution in [0.3, 0.4) is 0 Å². The van der Waals surface area contributed by atoms with E-state index in [0.717, 1.165) is 11.6 Å². The largest absolute Gasteiger partial charge is 0.494 e. The molecule has 0 amide bonds. The number of benzene rings is 1. The second kappa shape index (κ2) is 6.29. The molecule has 0 fully saturated rings. The predicted octanol–water partition coefficient (Wildman–Crippen LogP) is 1.11. The number of aryl methyl sites for hydroxylation is 1. The standard InChI is InChI=1S/C13H19N5O/c1-4-19-11-7-5-10(6-8-11)12(14-2)9-13-15-17-18(3)16-13/h5-8,12,14H,4,9H2,1-3H3. The quantitative estimate of drug-likeness (QED) is 0.844. The average molecular weight is 261 g/mol. The molecule has 19 heavy (non-hydrogen) atoms. The maximum Gasteiger partial charge on any atom is 0.176 e. The summed E-state index contributed by atoms with van der Waals surface area (Å²) in [4.78, 5) is 1.47. The molecule has 0 spiro atoms. The van der Waals surface area contributed by atoms with Gasteiger partial charge in [-0.15, -0.1) is 10.2 Å². The van der Waals surface area contributed by atoms with Gasteiger partial charge in [-0.3, -0.25) is 0 Å². The van der Waals surface area contributed by atoms with Gasteiger partial charge in [-0.25, -0.2) is 0 Å². The zero-order chi connectivity index (χ0) is 13.7. The van der Waals surface area contributed by atoms with Gasteiger partial charge in [0.25, 0.3) is 0 Å². The van der Waals surface area contributed by atoms with Gasteiger partial charge < -0.3 is 10.1 Å². The number of nitrogens with zero attached hydrogens (tertiary/aromatic N) is 4. The maximum absolute atomic E-state index is 5.44. The fraction of sp³-hybridized carbons (Fsp3) is 0.462. The van der Waals surface area contributed by atoms with E-state index in [1.807, 2.05) is 26.1 Å². The van der Waals surface area contributed by atoms with Crippen LogP contribution in [0, 0.1) is 0 Å². The van der Waals surface area contributed by atoms with Gasteiger partial charge in [0.15, 0.2) is 5.82 Å². The second-order valence-electron chi connectivity index (χ2n) is 4.24. The van der Waals surface area contributed by atoms with Gasteiger partial charge >= 0.3 is 0 Å². The van der Waals surface area contributed by atoms with E-state index in [1.54, 1.807) is 7.05 Å². The van der Waals surface area contributed by atoms with Crippen LogP contribution in [0.4, 0.5) is 0 Å². The highest BCUT2D eigenvalue weighted by Gasteiger charge is 2.13. The number of nitrogens with one attached hydrogen (secondary N) is 1. The Labute approximate surface area is 112 Å². The number of rotatable bonds is 6. The third-order valence-corrected chi connectivity index (χ3v) is 2.88. The average Bonchev–Trinajstić information content (AvgIpc) is 2.83. The molecular formula is C13H19N5O. The second-order valence-corrected chi connectivity index (χ2v) is 4.24. The van der Waals surface area contributed by atoms with Crippen LogP contribution in [0.2, 0.25) is 0 Å². The molecule has 0 radical (unpaired) electrons. The van der Waals surface area contributed by atoms with Crippen molar-refractivity contribution in [2.45, 2.75) is 19.4 Å². The zero-order valence-corrected chi connectivity index (χ0v) is 11.5. The van der Waals surface area contributed by atoms with Gasteiger partial charge in [-0.05, 0) is 36.9 Å². The first kappa shape index (κ1) is 13.5. The Morgan fingerprint density at radius 1 is 1.32 bits per heavy atom. The molecule has 1 unspecified atom stereocenters. The first-order chi connectivity index (χ1) is 9.22. The molecule has 1 N–H and O–H groups in total. The summed E-state index contributed by atoms with van der Waals surface area (Å²) < 4.78 is 5.44. The Morgan fingerprint density at radius 3 is 2.58 bits per heavy atom. The number of likely N-dealkylation sites (N-methyl/N-ethyl adjacent to an activating group) is 1. The third kappa shape index (κ3) is 3.51. The van der Waals surface area contributed by atoms with E-state index in [0.29, 0.717) is 13.0 Å². The van der Waals surface area contributed by atoms with Crippen molar-refractivity contribution in [1.29, 1.82) is 0 Å². The minimum absolute atomic E-state index is 0.167. The van der Waals surface area contributed by atoms with Crippen molar-refractivity contribution in [3.05, 3.63) is 35.7 Å². The molecule has 1 heterocycles. The van der Waals surface area contributed by atoms with Gasteiger partial charge in [0.05, 0.1) is 13.7 Å². The van der Waals surface area contributed by atoms with Gasteiger partial charge in [0.1, 0.15) is 5.75 Å². The highest BCUT2D eigenvalue weighted by molar-refractivity contribution is 5.29. The van der Waals surface area contributed by atoms with Crippen molar-refractivity contribution in [3.63, 3.8) is 0 Å². The van der Waals surface area contributed by atoms with E-state index in [2.05, 4.69) is 32.9 Å². The summed E-state index contributed by atoms with van der Waals surface area (Å²) in [6.07, 6.45) is 0.707. The van der Waals surface area contributed by atoms with Crippen LogP contribution >= 0.6 is 0 Å². The molecular weight excluding hydrogens is 242 g/mol. The summed E-state index contributed by atoms with van der Waals surface area (Å²) in [5, 5.41) is 15.3. The molecule has 1 aromatic carbocycles. The zero-order valence-electron chi connectivity index (χ0n) is 11.5. The summed E-state index contributed by atoms with van der Waals surface area (Å²) in [5.74, 6) is 1.62. The lowest BCUT2D eigenvalue weighted by Gasteiger charge is -2.15. The monoisotopic (exact) mass is 261 g/mol. The number of tetrazole rings is 1. The highest BCUT2D eigenvalue weighted by Crippen LogP contribution is 2.19. The molecule has 6 nitrogen and oxygen atoms in total. The SMILES string of the molecule is CCOc1ccc(C(Cc2nnn(C)n2)NC)cc1. The van der Waals surface area contributed by atoms with E-state index in [4.69, 9.17) is 4.74 Å². The van der Waals surface area contributed by atoms with Crippen LogP contribution in [0.15, 0.2) is 24.3 Å². The molecule has 0 aliphatic heterocycles. The molecule has 1 aromatic heterocycles. The fourth-order valence-electron chi connectivity index (χ4n) is 1.94. The fourth-order valence-corrected chi connectivity index (χ4v) is 1.94. The van der Waals surface area contributed by atoms with Crippen molar-refractivity contribution in [2.24, 2.45) is 7.05 Å². The lowest BCUT2D eigenvalue weighted by molar-refractivity contribution is 0.340. The van der Waals surface area contributed by atoms with Gasteiger partial charge in [-0.1, -0.05) is 12.1 Å². The molecule has 0 saturated heterocycles. The van der Waals surface area contributed by atoms with Crippen LogP contribution in [0.5, 0.6) is 5.75 Å². The normalized spacial score (nSPS) is 12.4. The summed E-state index contributed by atoms with van der Waals surface area (Å²) in [6.45, 7) is 2.66. The van der Waals surface area contributed by atoms with Crippen LogP contribution in [0.25, 0.3) is 0 Å². The van der Waals surface area contributed by atoms with Gasteiger partial charge in [0.2, 0.25) is 0 Å². The molecule has 102 valence electrons. The number of aromatic nitrogens is 4. The minimum atomic E-state index is 0.167. The Morgan fingerprint density at radius 2 is 2.05 bits per heavy atom. The number of ether oxygens (including phenoxy) is 1. The molecule has 0 saturated carbocycles. The minimum Gasteiger partial charge on any atom is -0.494 e. The van der Waals surface area contributed by atoms with Gasteiger partial charge in [0, 0.05) is 12.5 Å². The summed E-state index contributed by atoms with van der Waals surface area (Å²) >= 11 is 0. The Hall–Kier alpha value is -1.95. The number of hydrogen-bond acceptors (Lipinski definition) is 5. The van der Waals surface area contributed by atoms with E-state index >= 15 is 0 Å². The predicted molar refractivity (Wildman–Crippen MR) is 71.9 cm³/mol. The Balaban J connectivity index is 2.08. The summed E-state index contributed by atoms with van der Waals surface area (Å²) in [6, 6.07) is 8.24. The van der Waals surface area contributed by atoms with Crippen LogP contribution in [0.1, 0.15) is 24.4 Å². The molecule has 0 aliphatic carbocycles. The van der Waals surface area contributed by atoms with Crippen molar-refractivity contribution in [1.82, 2.24) is 25.5 Å². The Bertz CT molecular complexity index is 508. The summed E-state index contributed by atoms with van der Waals surface area (Å²) in [7, 11) is 3.69. The number of hydrogen-bond donors (Lipinski definition) is 1. The van der Waals surface area contributed by atoms with Crippen LogP contribution < -0.4 is 10.1 Å². The van der Waals surface area contributed by atoms with Crippen molar-refractivity contribution >= 4 is 0 Å².